The van der Waals surface area contributed by atoms with Gasteiger partial charge in [-0.25, -0.2) is 9.67 Å². The summed E-state index contributed by atoms with van der Waals surface area (Å²) in [6.07, 6.45) is 1.66. The summed E-state index contributed by atoms with van der Waals surface area (Å²) in [6.45, 7) is 4.04. The Balaban J connectivity index is 1.46. The molecule has 1 atom stereocenters. The van der Waals surface area contributed by atoms with Crippen LogP contribution in [-0.4, -0.2) is 31.0 Å². The van der Waals surface area contributed by atoms with E-state index in [9.17, 15) is 9.59 Å². The number of carbonyl (C=O) groups excluding carboxylic acids is 1. The van der Waals surface area contributed by atoms with Crippen molar-refractivity contribution in [2.24, 2.45) is 0 Å². The zero-order valence-corrected chi connectivity index (χ0v) is 20.1. The fourth-order valence-corrected chi connectivity index (χ4v) is 5.49. The SMILES string of the molecule is Cc1ccc(-n2ncc3c(=O)n4c(nc32)SCC4CC(=O)Nc2cccc(Cl)c2Cl)c(C)c1. The number of hydrogen-bond acceptors (Lipinski definition) is 5. The van der Waals surface area contributed by atoms with Crippen LogP contribution in [0, 0.1) is 13.8 Å². The molecule has 10 heteroatoms. The Bertz CT molecular complexity index is 1480. The van der Waals surface area contributed by atoms with E-state index >= 15 is 0 Å². The highest BCUT2D eigenvalue weighted by Crippen LogP contribution is 2.35. The van der Waals surface area contributed by atoms with Crippen LogP contribution < -0.4 is 10.9 Å². The van der Waals surface area contributed by atoms with E-state index in [2.05, 4.69) is 16.5 Å². The van der Waals surface area contributed by atoms with Crippen molar-refractivity contribution in [3.8, 4) is 5.69 Å². The van der Waals surface area contributed by atoms with Crippen molar-refractivity contribution in [1.29, 1.82) is 0 Å². The van der Waals surface area contributed by atoms with Gasteiger partial charge >= 0.3 is 0 Å². The predicted molar refractivity (Wildman–Crippen MR) is 132 cm³/mol. The van der Waals surface area contributed by atoms with E-state index in [0.717, 1.165) is 16.8 Å². The summed E-state index contributed by atoms with van der Waals surface area (Å²) in [4.78, 5) is 30.8. The van der Waals surface area contributed by atoms with Gasteiger partial charge in [0.15, 0.2) is 10.8 Å². The van der Waals surface area contributed by atoms with Gasteiger partial charge in [-0.3, -0.25) is 14.2 Å². The van der Waals surface area contributed by atoms with Gasteiger partial charge in [0.05, 0.1) is 33.7 Å². The van der Waals surface area contributed by atoms with E-state index in [4.69, 9.17) is 28.2 Å². The lowest BCUT2D eigenvalue weighted by molar-refractivity contribution is -0.116. The van der Waals surface area contributed by atoms with Gasteiger partial charge in [-0.2, -0.15) is 5.10 Å². The molecule has 0 bridgehead atoms. The highest BCUT2D eigenvalue weighted by molar-refractivity contribution is 7.99. The number of carbonyl (C=O) groups is 1. The van der Waals surface area contributed by atoms with Crippen LogP contribution in [0.3, 0.4) is 0 Å². The summed E-state index contributed by atoms with van der Waals surface area (Å²) in [5.41, 5.74) is 3.83. The van der Waals surface area contributed by atoms with Crippen LogP contribution in [0.1, 0.15) is 23.6 Å². The zero-order chi connectivity index (χ0) is 23.3. The number of rotatable bonds is 4. The lowest BCUT2D eigenvalue weighted by atomic mass is 10.1. The van der Waals surface area contributed by atoms with E-state index in [0.29, 0.717) is 32.7 Å². The second-order valence-corrected chi connectivity index (χ2v) is 9.74. The van der Waals surface area contributed by atoms with Crippen molar-refractivity contribution in [2.75, 3.05) is 11.1 Å². The van der Waals surface area contributed by atoms with Crippen molar-refractivity contribution >= 4 is 57.6 Å². The number of anilines is 1. The molecule has 1 aliphatic heterocycles. The molecule has 0 spiro atoms. The molecular formula is C23H19Cl2N5O2S. The molecule has 0 radical (unpaired) electrons. The Kier molecular flexibility index (Phi) is 5.68. The van der Waals surface area contributed by atoms with Gasteiger partial charge in [-0.15, -0.1) is 0 Å². The minimum absolute atomic E-state index is 0.112. The van der Waals surface area contributed by atoms with Crippen LogP contribution in [0.4, 0.5) is 5.69 Å². The Morgan fingerprint density at radius 3 is 2.85 bits per heavy atom. The predicted octanol–water partition coefficient (Wildman–Crippen LogP) is 5.18. The molecule has 2 aromatic heterocycles. The third kappa shape index (κ3) is 3.92. The van der Waals surface area contributed by atoms with Gasteiger partial charge in [-0.1, -0.05) is 58.7 Å². The molecule has 0 aliphatic carbocycles. The van der Waals surface area contributed by atoms with Crippen LogP contribution in [0.25, 0.3) is 16.7 Å². The third-order valence-electron chi connectivity index (χ3n) is 5.60. The van der Waals surface area contributed by atoms with Crippen molar-refractivity contribution in [3.63, 3.8) is 0 Å². The largest absolute Gasteiger partial charge is 0.325 e. The number of aromatic nitrogens is 4. The Labute approximate surface area is 203 Å². The highest BCUT2D eigenvalue weighted by Gasteiger charge is 2.30. The van der Waals surface area contributed by atoms with Gasteiger partial charge in [-0.05, 0) is 37.6 Å². The summed E-state index contributed by atoms with van der Waals surface area (Å²) < 4.78 is 3.30. The molecule has 0 fully saturated rings. The monoisotopic (exact) mass is 499 g/mol. The molecular weight excluding hydrogens is 481 g/mol. The van der Waals surface area contributed by atoms with Crippen molar-refractivity contribution in [3.05, 3.63) is 74.1 Å². The van der Waals surface area contributed by atoms with Crippen LogP contribution in [0.5, 0.6) is 0 Å². The average Bonchev–Trinajstić information content (AvgIpc) is 3.37. The maximum absolute atomic E-state index is 13.3. The number of halogens is 2. The second kappa shape index (κ2) is 8.52. The molecule has 1 amide bonds. The maximum atomic E-state index is 13.3. The minimum atomic E-state index is -0.322. The minimum Gasteiger partial charge on any atom is -0.325 e. The van der Waals surface area contributed by atoms with Gasteiger partial charge < -0.3 is 5.32 Å². The van der Waals surface area contributed by atoms with Gasteiger partial charge in [0.25, 0.3) is 5.56 Å². The Morgan fingerprint density at radius 2 is 2.06 bits per heavy atom. The average molecular weight is 500 g/mol. The van der Waals surface area contributed by atoms with E-state index in [1.54, 1.807) is 33.6 Å². The molecule has 1 unspecified atom stereocenters. The van der Waals surface area contributed by atoms with Crippen molar-refractivity contribution in [1.82, 2.24) is 19.3 Å². The lowest BCUT2D eigenvalue weighted by Gasteiger charge is -2.14. The van der Waals surface area contributed by atoms with Gasteiger partial charge in [0, 0.05) is 12.2 Å². The number of hydrogen-bond donors (Lipinski definition) is 1. The number of fused-ring (bicyclic) bond motifs is 2. The normalized spacial score (nSPS) is 15.1. The maximum Gasteiger partial charge on any atom is 0.265 e. The smallest absolute Gasteiger partial charge is 0.265 e. The summed E-state index contributed by atoms with van der Waals surface area (Å²) >= 11 is 13.7. The number of nitrogens with zero attached hydrogens (tertiary/aromatic N) is 4. The first kappa shape index (κ1) is 22.0. The number of benzene rings is 2. The quantitative estimate of drug-likeness (QED) is 0.391. The fraction of sp³-hybridized carbons (Fsp3) is 0.217. The van der Waals surface area contributed by atoms with Gasteiger partial charge in [0.1, 0.15) is 5.39 Å². The number of amides is 1. The molecule has 4 aromatic rings. The Morgan fingerprint density at radius 1 is 1.24 bits per heavy atom. The topological polar surface area (TPSA) is 81.8 Å². The first-order valence-corrected chi connectivity index (χ1v) is 12.0. The molecule has 5 rings (SSSR count). The summed E-state index contributed by atoms with van der Waals surface area (Å²) in [5, 5.41) is 8.88. The highest BCUT2D eigenvalue weighted by atomic mass is 35.5. The molecule has 7 nitrogen and oxygen atoms in total. The van der Waals surface area contributed by atoms with E-state index < -0.39 is 0 Å². The lowest BCUT2D eigenvalue weighted by Crippen LogP contribution is -2.27. The number of aryl methyl sites for hydroxylation is 2. The molecule has 2 aromatic carbocycles. The van der Waals surface area contributed by atoms with E-state index in [1.807, 2.05) is 26.0 Å². The van der Waals surface area contributed by atoms with E-state index in [-0.39, 0.29) is 29.0 Å². The fourth-order valence-electron chi connectivity index (χ4n) is 4.02. The van der Waals surface area contributed by atoms with Crippen LogP contribution >= 0.6 is 35.0 Å². The number of nitrogens with one attached hydrogen (secondary N) is 1. The van der Waals surface area contributed by atoms with Gasteiger partial charge in [0.2, 0.25) is 5.91 Å². The van der Waals surface area contributed by atoms with Crippen molar-refractivity contribution < 1.29 is 4.79 Å². The standard InChI is InChI=1S/C23H19Cl2N5O2S/c1-12-6-7-18(13(2)8-12)30-21-15(10-26-30)22(32)29-14(11-33-23(29)28-21)9-19(31)27-17-5-3-4-16(24)20(17)25/h3-8,10,14H,9,11H2,1-2H3,(H,27,31). The third-order valence-corrected chi connectivity index (χ3v) is 7.51. The van der Waals surface area contributed by atoms with Crippen LogP contribution in [-0.2, 0) is 4.79 Å². The van der Waals surface area contributed by atoms with Crippen LogP contribution in [0.2, 0.25) is 10.0 Å². The molecule has 0 saturated carbocycles. The second-order valence-electron chi connectivity index (χ2n) is 7.97. The molecule has 33 heavy (non-hydrogen) atoms. The van der Waals surface area contributed by atoms with Crippen LogP contribution in [0.15, 0.2) is 52.5 Å². The molecule has 1 aliphatic rings. The van der Waals surface area contributed by atoms with Crippen molar-refractivity contribution in [2.45, 2.75) is 31.5 Å². The van der Waals surface area contributed by atoms with E-state index in [1.165, 1.54) is 11.8 Å². The first-order chi connectivity index (χ1) is 15.8. The zero-order valence-electron chi connectivity index (χ0n) is 17.8. The molecule has 3 heterocycles. The Hall–Kier alpha value is -2.81. The molecule has 1 N–H and O–H groups in total. The first-order valence-electron chi connectivity index (χ1n) is 10.3. The number of thioether (sulfide) groups is 1. The molecule has 0 saturated heterocycles. The summed E-state index contributed by atoms with van der Waals surface area (Å²) in [6, 6.07) is 10.8. The summed E-state index contributed by atoms with van der Waals surface area (Å²) in [5.74, 6) is 0.318. The summed E-state index contributed by atoms with van der Waals surface area (Å²) in [7, 11) is 0. The molecule has 168 valence electrons.